The third-order valence-electron chi connectivity index (χ3n) is 11.1. The lowest BCUT2D eigenvalue weighted by atomic mass is 10.00. The zero-order valence-electron chi connectivity index (χ0n) is 29.5. The van der Waals surface area contributed by atoms with E-state index in [0.717, 1.165) is 82.8 Å². The molecule has 0 radical (unpaired) electrons. The van der Waals surface area contributed by atoms with Crippen molar-refractivity contribution in [3.05, 3.63) is 187 Å². The molecule has 0 atom stereocenters. The molecule has 5 heteroatoms. The lowest BCUT2D eigenvalue weighted by Gasteiger charge is -2.18. The standard InChI is InChI=1S/C50H29N5/c51-30-32-27-34(29-35(28-32)53-44-22-7-4-17-39(44)41-19-11-13-33(31-52)49(41)53)36-14-1-6-21-43(36)55-47-25-10-5-18-40(47)42-20-12-26-48(50(42)55)54-45-23-8-2-15-37(45)38-16-3-9-24-46(38)54/h1-29H. The fourth-order valence-corrected chi connectivity index (χ4v) is 8.86. The first-order valence-electron chi connectivity index (χ1n) is 18.3. The Morgan fingerprint density at radius 3 is 1.49 bits per heavy atom. The molecule has 254 valence electrons. The van der Waals surface area contributed by atoms with Gasteiger partial charge in [-0.2, -0.15) is 10.5 Å². The molecule has 0 aliphatic rings. The highest BCUT2D eigenvalue weighted by Gasteiger charge is 2.22. The summed E-state index contributed by atoms with van der Waals surface area (Å²) in [7, 11) is 0. The van der Waals surface area contributed by atoms with Crippen molar-refractivity contribution in [3.63, 3.8) is 0 Å². The second kappa shape index (κ2) is 11.8. The number of nitrogens with zero attached hydrogens (tertiary/aromatic N) is 5. The van der Waals surface area contributed by atoms with Crippen LogP contribution in [0.15, 0.2) is 176 Å². The van der Waals surface area contributed by atoms with Gasteiger partial charge >= 0.3 is 0 Å². The molecule has 0 saturated heterocycles. The van der Waals surface area contributed by atoms with Gasteiger partial charge in [0.15, 0.2) is 0 Å². The Morgan fingerprint density at radius 2 is 0.855 bits per heavy atom. The Bertz CT molecular complexity index is 3420. The molecule has 3 aromatic heterocycles. The summed E-state index contributed by atoms with van der Waals surface area (Å²) in [5.41, 5.74) is 12.2. The van der Waals surface area contributed by atoms with Gasteiger partial charge < -0.3 is 13.7 Å². The minimum Gasteiger partial charge on any atom is -0.308 e. The van der Waals surface area contributed by atoms with Crippen LogP contribution in [0.3, 0.4) is 0 Å². The third-order valence-corrected chi connectivity index (χ3v) is 11.1. The van der Waals surface area contributed by atoms with Gasteiger partial charge in [0.25, 0.3) is 0 Å². The van der Waals surface area contributed by atoms with Gasteiger partial charge in [-0.25, -0.2) is 0 Å². The lowest BCUT2D eigenvalue weighted by molar-refractivity contribution is 1.13. The van der Waals surface area contributed by atoms with Crippen LogP contribution in [0, 0.1) is 22.7 Å². The largest absolute Gasteiger partial charge is 0.308 e. The topological polar surface area (TPSA) is 62.4 Å². The van der Waals surface area contributed by atoms with E-state index in [2.05, 4.69) is 165 Å². The first-order valence-corrected chi connectivity index (χ1v) is 18.3. The number of para-hydroxylation sites is 7. The summed E-state index contributed by atoms with van der Waals surface area (Å²) in [6.45, 7) is 0. The van der Waals surface area contributed by atoms with E-state index in [1.807, 2.05) is 36.4 Å². The Labute approximate surface area is 316 Å². The van der Waals surface area contributed by atoms with E-state index >= 15 is 0 Å². The Kier molecular flexibility index (Phi) is 6.61. The molecule has 5 nitrogen and oxygen atoms in total. The molecule has 8 aromatic carbocycles. The monoisotopic (exact) mass is 699 g/mol. The van der Waals surface area contributed by atoms with E-state index in [4.69, 9.17) is 0 Å². The Hall–Kier alpha value is -7.86. The number of fused-ring (bicyclic) bond motifs is 9. The molecular formula is C50H29N5. The second-order valence-electron chi connectivity index (χ2n) is 14.0. The van der Waals surface area contributed by atoms with Crippen molar-refractivity contribution >= 4 is 65.4 Å². The molecule has 55 heavy (non-hydrogen) atoms. The Morgan fingerprint density at radius 1 is 0.364 bits per heavy atom. The summed E-state index contributed by atoms with van der Waals surface area (Å²) in [5.74, 6) is 0. The third kappa shape index (κ3) is 4.39. The van der Waals surface area contributed by atoms with E-state index in [0.29, 0.717) is 11.1 Å². The molecule has 11 rings (SSSR count). The summed E-state index contributed by atoms with van der Waals surface area (Å²) in [6, 6.07) is 65.9. The van der Waals surface area contributed by atoms with E-state index < -0.39 is 0 Å². The van der Waals surface area contributed by atoms with Crippen LogP contribution in [-0.4, -0.2) is 13.7 Å². The van der Waals surface area contributed by atoms with E-state index in [-0.39, 0.29) is 0 Å². The predicted octanol–water partition coefficient (Wildman–Crippen LogP) is 12.4. The molecular weight excluding hydrogens is 671 g/mol. The van der Waals surface area contributed by atoms with E-state index in [1.165, 1.54) is 10.8 Å². The highest BCUT2D eigenvalue weighted by molar-refractivity contribution is 6.15. The quantitative estimate of drug-likeness (QED) is 0.184. The first-order chi connectivity index (χ1) is 27.2. The highest BCUT2D eigenvalue weighted by atomic mass is 15.1. The van der Waals surface area contributed by atoms with Crippen LogP contribution in [-0.2, 0) is 0 Å². The number of rotatable bonds is 4. The van der Waals surface area contributed by atoms with Crippen molar-refractivity contribution < 1.29 is 0 Å². The maximum absolute atomic E-state index is 10.5. The zero-order valence-corrected chi connectivity index (χ0v) is 29.5. The first kappa shape index (κ1) is 30.7. The van der Waals surface area contributed by atoms with Crippen molar-refractivity contribution in [1.29, 1.82) is 10.5 Å². The Balaban J connectivity index is 1.23. The number of aromatic nitrogens is 3. The van der Waals surface area contributed by atoms with Crippen LogP contribution in [0.4, 0.5) is 0 Å². The van der Waals surface area contributed by atoms with E-state index in [1.54, 1.807) is 0 Å². The van der Waals surface area contributed by atoms with Crippen molar-refractivity contribution in [1.82, 2.24) is 13.7 Å². The minimum absolute atomic E-state index is 0.538. The van der Waals surface area contributed by atoms with Crippen LogP contribution in [0.1, 0.15) is 11.1 Å². The fourth-order valence-electron chi connectivity index (χ4n) is 8.86. The summed E-state index contributed by atoms with van der Waals surface area (Å²) >= 11 is 0. The molecule has 0 unspecified atom stereocenters. The van der Waals surface area contributed by atoms with Crippen LogP contribution in [0.2, 0.25) is 0 Å². The van der Waals surface area contributed by atoms with Gasteiger partial charge in [0.1, 0.15) is 6.07 Å². The van der Waals surface area contributed by atoms with Crippen LogP contribution < -0.4 is 0 Å². The average molecular weight is 700 g/mol. The van der Waals surface area contributed by atoms with Crippen molar-refractivity contribution in [2.75, 3.05) is 0 Å². The maximum Gasteiger partial charge on any atom is 0.101 e. The van der Waals surface area contributed by atoms with Crippen molar-refractivity contribution in [2.24, 2.45) is 0 Å². The molecule has 0 aliphatic heterocycles. The molecule has 0 aliphatic carbocycles. The van der Waals surface area contributed by atoms with Gasteiger partial charge in [0, 0.05) is 43.6 Å². The number of hydrogen-bond acceptors (Lipinski definition) is 2. The lowest BCUT2D eigenvalue weighted by Crippen LogP contribution is -2.02. The van der Waals surface area contributed by atoms with Gasteiger partial charge in [0.05, 0.1) is 61.7 Å². The van der Waals surface area contributed by atoms with Gasteiger partial charge in [-0.15, -0.1) is 0 Å². The number of nitriles is 2. The average Bonchev–Trinajstić information content (AvgIpc) is 3.89. The highest BCUT2D eigenvalue weighted by Crippen LogP contribution is 2.42. The van der Waals surface area contributed by atoms with Gasteiger partial charge in [-0.05, 0) is 66.2 Å². The van der Waals surface area contributed by atoms with E-state index in [9.17, 15) is 10.5 Å². The van der Waals surface area contributed by atoms with Crippen molar-refractivity contribution in [3.8, 4) is 40.3 Å². The molecule has 0 amide bonds. The molecule has 0 fully saturated rings. The number of hydrogen-bond donors (Lipinski definition) is 0. The van der Waals surface area contributed by atoms with Crippen LogP contribution >= 0.6 is 0 Å². The van der Waals surface area contributed by atoms with Crippen molar-refractivity contribution in [2.45, 2.75) is 0 Å². The SMILES string of the molecule is N#Cc1cc(-c2ccccc2-n2c3ccccc3c3cccc(-n4c5ccccc5c5ccccc54)c32)cc(-n2c3ccccc3c3cccc(C#N)c32)c1. The fraction of sp³-hybridized carbons (Fsp3) is 0. The van der Waals surface area contributed by atoms with Gasteiger partial charge in [-0.3, -0.25) is 0 Å². The predicted molar refractivity (Wildman–Crippen MR) is 224 cm³/mol. The maximum atomic E-state index is 10.5. The minimum atomic E-state index is 0.538. The molecule has 0 saturated carbocycles. The molecule has 0 N–H and O–H groups in total. The normalized spacial score (nSPS) is 11.6. The number of benzene rings is 8. The molecule has 0 spiro atoms. The molecule has 3 heterocycles. The second-order valence-corrected chi connectivity index (χ2v) is 14.0. The summed E-state index contributed by atoms with van der Waals surface area (Å²) < 4.78 is 6.93. The van der Waals surface area contributed by atoms with Gasteiger partial charge in [0.2, 0.25) is 0 Å². The molecule has 11 aromatic rings. The summed E-state index contributed by atoms with van der Waals surface area (Å²) in [4.78, 5) is 0. The summed E-state index contributed by atoms with van der Waals surface area (Å²) in [5, 5.41) is 27.6. The molecule has 0 bridgehead atoms. The van der Waals surface area contributed by atoms with Crippen LogP contribution in [0.25, 0.3) is 93.6 Å². The van der Waals surface area contributed by atoms with Gasteiger partial charge in [-0.1, -0.05) is 115 Å². The summed E-state index contributed by atoms with van der Waals surface area (Å²) in [6.07, 6.45) is 0. The van der Waals surface area contributed by atoms with Crippen LogP contribution in [0.5, 0.6) is 0 Å². The zero-order chi connectivity index (χ0) is 36.6. The smallest absolute Gasteiger partial charge is 0.101 e.